The summed E-state index contributed by atoms with van der Waals surface area (Å²) < 4.78 is 5.45. The Balaban J connectivity index is 2.03. The molecule has 1 aliphatic rings. The largest absolute Gasteiger partial charge is 0.872 e. The molecule has 1 unspecified atom stereocenters. The highest BCUT2D eigenvalue weighted by atomic mass is 35.5. The molecule has 2 aromatic carbocycles. The molecular weight excluding hydrogens is 452 g/mol. The van der Waals surface area contributed by atoms with E-state index in [9.17, 15) is 14.7 Å². The number of quaternary nitrogens is 1. The van der Waals surface area contributed by atoms with E-state index in [0.29, 0.717) is 18.9 Å². The van der Waals surface area contributed by atoms with Gasteiger partial charge in [0.15, 0.2) is 0 Å². The number of ketones is 1. The number of aryl methyl sites for hydroxylation is 1. The van der Waals surface area contributed by atoms with Gasteiger partial charge < -0.3 is 19.6 Å². The number of nitrogens with zero attached hydrogens (tertiary/aromatic N) is 1. The van der Waals surface area contributed by atoms with Crippen LogP contribution in [-0.2, 0) is 9.59 Å². The molecule has 1 fully saturated rings. The van der Waals surface area contributed by atoms with Gasteiger partial charge >= 0.3 is 0 Å². The first kappa shape index (κ1) is 25.8. The number of rotatable bonds is 10. The number of nitrogens with one attached hydrogen (secondary N) is 1. The van der Waals surface area contributed by atoms with Crippen molar-refractivity contribution in [1.82, 2.24) is 4.90 Å². The predicted molar refractivity (Wildman–Crippen MR) is 132 cm³/mol. The van der Waals surface area contributed by atoms with Gasteiger partial charge in [0.05, 0.1) is 37.3 Å². The van der Waals surface area contributed by atoms with Crippen LogP contribution >= 0.6 is 11.6 Å². The van der Waals surface area contributed by atoms with E-state index >= 15 is 0 Å². The number of benzene rings is 2. The summed E-state index contributed by atoms with van der Waals surface area (Å²) >= 11 is 6.30. The van der Waals surface area contributed by atoms with Crippen molar-refractivity contribution in [2.75, 3.05) is 32.8 Å². The molecule has 1 amide bonds. The third-order valence-corrected chi connectivity index (χ3v) is 6.64. The highest BCUT2D eigenvalue weighted by Crippen LogP contribution is 2.39. The summed E-state index contributed by atoms with van der Waals surface area (Å²) in [5, 5.41) is 13.8. The van der Waals surface area contributed by atoms with Crippen molar-refractivity contribution in [2.24, 2.45) is 0 Å². The highest BCUT2D eigenvalue weighted by Gasteiger charge is 2.44. The number of carbonyl (C=O) groups excluding carboxylic acids is 2. The van der Waals surface area contributed by atoms with Gasteiger partial charge in [-0.05, 0) is 51.0 Å². The summed E-state index contributed by atoms with van der Waals surface area (Å²) in [7, 11) is 0. The first-order chi connectivity index (χ1) is 16.3. The molecule has 1 saturated heterocycles. The lowest BCUT2D eigenvalue weighted by Crippen LogP contribution is -3.11. The maximum atomic E-state index is 13.6. The number of amides is 1. The van der Waals surface area contributed by atoms with Gasteiger partial charge in [0.2, 0.25) is 5.78 Å². The molecule has 0 bridgehead atoms. The lowest BCUT2D eigenvalue weighted by Gasteiger charge is -2.28. The topological polar surface area (TPSA) is 74.1 Å². The fourth-order valence-electron chi connectivity index (χ4n) is 4.37. The number of Topliss-reactive ketones (excluding diaryl/α,β-unsaturated/α-hetero) is 1. The monoisotopic (exact) mass is 484 g/mol. The molecule has 34 heavy (non-hydrogen) atoms. The number of likely N-dealkylation sites (tertiary alicyclic amines) is 1. The average molecular weight is 485 g/mol. The van der Waals surface area contributed by atoms with Gasteiger partial charge in [-0.1, -0.05) is 53.3 Å². The normalized spacial score (nSPS) is 17.6. The fourth-order valence-corrected chi connectivity index (χ4v) is 4.60. The van der Waals surface area contributed by atoms with Crippen LogP contribution in [0.2, 0.25) is 5.02 Å². The quantitative estimate of drug-likeness (QED) is 0.319. The second kappa shape index (κ2) is 11.5. The molecule has 0 aliphatic carbocycles. The molecule has 0 radical (unpaired) electrons. The molecule has 1 heterocycles. The van der Waals surface area contributed by atoms with Gasteiger partial charge in [0.1, 0.15) is 5.75 Å². The Bertz CT molecular complexity index is 1060. The van der Waals surface area contributed by atoms with E-state index < -0.39 is 23.5 Å². The Morgan fingerprint density at radius 3 is 2.35 bits per heavy atom. The van der Waals surface area contributed by atoms with Crippen LogP contribution in [-0.4, -0.2) is 49.4 Å². The molecule has 0 aromatic heterocycles. The van der Waals surface area contributed by atoms with Gasteiger partial charge in [0, 0.05) is 18.5 Å². The number of carbonyl (C=O) groups is 2. The van der Waals surface area contributed by atoms with Crippen LogP contribution in [0.25, 0.3) is 5.76 Å². The lowest BCUT2D eigenvalue weighted by molar-refractivity contribution is -0.896. The smallest absolute Gasteiger partial charge is 0.295 e. The van der Waals surface area contributed by atoms with Crippen molar-refractivity contribution in [3.8, 4) is 5.75 Å². The summed E-state index contributed by atoms with van der Waals surface area (Å²) in [6, 6.07) is 11.6. The van der Waals surface area contributed by atoms with Crippen LogP contribution in [0.5, 0.6) is 5.75 Å². The maximum absolute atomic E-state index is 13.6. The summed E-state index contributed by atoms with van der Waals surface area (Å²) in [5.74, 6) is -1.38. The minimum absolute atomic E-state index is 0.0238. The third-order valence-electron chi connectivity index (χ3n) is 6.35. The molecule has 0 spiro atoms. The molecule has 3 rings (SSSR count). The molecular formula is C27H33ClN2O4. The number of ether oxygens (including phenoxy) is 1. The standard InChI is InChI=1S/C27H33ClN2O4/c1-5-29(6-2)15-8-16-30-24(19-11-9-18(4)10-12-19)23(26(32)27(30)33)25(31)20-13-14-22(34-7-3)21(28)17-20/h9-14,17,24,31H,5-8,15-16H2,1-4H3/b25-23+. The SMILES string of the molecule is CCOc1ccc(/C([O-])=C2\C(=O)C(=O)N(CCC[NH+](CC)CC)C2c2ccc(C)cc2)cc1Cl. The Kier molecular flexibility index (Phi) is 8.75. The van der Waals surface area contributed by atoms with E-state index in [4.69, 9.17) is 16.3 Å². The van der Waals surface area contributed by atoms with Crippen molar-refractivity contribution in [3.63, 3.8) is 0 Å². The highest BCUT2D eigenvalue weighted by molar-refractivity contribution is 6.46. The van der Waals surface area contributed by atoms with Gasteiger partial charge in [-0.3, -0.25) is 9.59 Å². The van der Waals surface area contributed by atoms with Crippen LogP contribution in [0.1, 0.15) is 49.9 Å². The zero-order valence-corrected chi connectivity index (χ0v) is 21.1. The summed E-state index contributed by atoms with van der Waals surface area (Å²) in [5.41, 5.74) is 2.04. The van der Waals surface area contributed by atoms with Gasteiger partial charge in [-0.2, -0.15) is 0 Å². The Labute approximate surface area is 206 Å². The Morgan fingerprint density at radius 2 is 1.76 bits per heavy atom. The summed E-state index contributed by atoms with van der Waals surface area (Å²) in [4.78, 5) is 29.2. The number of halogens is 1. The van der Waals surface area contributed by atoms with Crippen LogP contribution in [0.3, 0.4) is 0 Å². The number of hydrogen-bond donors (Lipinski definition) is 1. The van der Waals surface area contributed by atoms with Crippen LogP contribution in [0.4, 0.5) is 0 Å². The molecule has 1 aliphatic heterocycles. The molecule has 1 atom stereocenters. The first-order valence-corrected chi connectivity index (χ1v) is 12.3. The second-order valence-corrected chi connectivity index (χ2v) is 8.93. The molecule has 182 valence electrons. The second-order valence-electron chi connectivity index (χ2n) is 8.52. The first-order valence-electron chi connectivity index (χ1n) is 11.9. The van der Waals surface area contributed by atoms with E-state index in [2.05, 4.69) is 13.8 Å². The van der Waals surface area contributed by atoms with Crippen LogP contribution < -0.4 is 14.7 Å². The third kappa shape index (κ3) is 5.45. The Hall–Kier alpha value is -2.83. The Morgan fingerprint density at radius 1 is 1.09 bits per heavy atom. The minimum Gasteiger partial charge on any atom is -0.872 e. The van der Waals surface area contributed by atoms with Gasteiger partial charge in [-0.25, -0.2) is 0 Å². The molecule has 2 aromatic rings. The van der Waals surface area contributed by atoms with E-state index in [1.165, 1.54) is 11.0 Å². The van der Waals surface area contributed by atoms with Crippen molar-refractivity contribution in [3.05, 3.63) is 69.8 Å². The number of hydrogen-bond acceptors (Lipinski definition) is 4. The zero-order valence-electron chi connectivity index (χ0n) is 20.3. The van der Waals surface area contributed by atoms with E-state index in [1.807, 2.05) is 38.1 Å². The van der Waals surface area contributed by atoms with E-state index in [1.54, 1.807) is 17.0 Å². The van der Waals surface area contributed by atoms with Crippen molar-refractivity contribution < 1.29 is 24.3 Å². The molecule has 6 nitrogen and oxygen atoms in total. The van der Waals surface area contributed by atoms with Crippen LogP contribution in [0.15, 0.2) is 48.0 Å². The summed E-state index contributed by atoms with van der Waals surface area (Å²) in [6.45, 7) is 11.8. The van der Waals surface area contributed by atoms with Crippen molar-refractivity contribution >= 4 is 29.1 Å². The van der Waals surface area contributed by atoms with E-state index in [0.717, 1.165) is 37.2 Å². The summed E-state index contributed by atoms with van der Waals surface area (Å²) in [6.07, 6.45) is 0.745. The van der Waals surface area contributed by atoms with E-state index in [-0.39, 0.29) is 16.2 Å². The minimum atomic E-state index is -0.740. The maximum Gasteiger partial charge on any atom is 0.295 e. The predicted octanol–water partition coefficient (Wildman–Crippen LogP) is 2.59. The molecule has 1 N–H and O–H groups in total. The van der Waals surface area contributed by atoms with Crippen molar-refractivity contribution in [2.45, 2.75) is 40.2 Å². The molecule has 0 saturated carbocycles. The van der Waals surface area contributed by atoms with Gasteiger partial charge in [0.25, 0.3) is 5.91 Å². The zero-order chi connectivity index (χ0) is 24.8. The van der Waals surface area contributed by atoms with Gasteiger partial charge in [-0.15, -0.1) is 0 Å². The average Bonchev–Trinajstić information content (AvgIpc) is 3.08. The fraction of sp³-hybridized carbons (Fsp3) is 0.407. The van der Waals surface area contributed by atoms with Crippen LogP contribution in [0, 0.1) is 6.92 Å². The van der Waals surface area contributed by atoms with Crippen molar-refractivity contribution in [1.29, 1.82) is 0 Å². The lowest BCUT2D eigenvalue weighted by atomic mass is 9.94. The molecule has 7 heteroatoms.